The molecule has 0 aromatic heterocycles. The molecule has 1 saturated heterocycles. The first-order valence-electron chi connectivity index (χ1n) is 7.86. The van der Waals surface area contributed by atoms with Crippen LogP contribution in [0.1, 0.15) is 57.8 Å². The van der Waals surface area contributed by atoms with Crippen LogP contribution < -0.4 is 5.73 Å². The molecule has 0 atom stereocenters. The highest BCUT2D eigenvalue weighted by Crippen LogP contribution is 2.43. The van der Waals surface area contributed by atoms with Crippen LogP contribution in [0.5, 0.6) is 0 Å². The number of nitrogens with zero attached hydrogens (tertiary/aromatic N) is 1. The van der Waals surface area contributed by atoms with Gasteiger partial charge in [-0.15, -0.1) is 12.4 Å². The number of hydrogen-bond acceptors (Lipinski definition) is 3. The summed E-state index contributed by atoms with van der Waals surface area (Å²) in [5, 5.41) is 0. The van der Waals surface area contributed by atoms with Crippen molar-refractivity contribution in [2.24, 2.45) is 5.73 Å². The third-order valence-electron chi connectivity index (χ3n) is 5.22. The average Bonchev–Trinajstić information content (AvgIpc) is 2.87. The number of thioether (sulfide) groups is 1. The summed E-state index contributed by atoms with van der Waals surface area (Å²) < 4.78 is 0.362. The lowest BCUT2D eigenvalue weighted by Crippen LogP contribution is -2.59. The molecule has 3 aliphatic rings. The van der Waals surface area contributed by atoms with Crippen molar-refractivity contribution in [3.05, 3.63) is 0 Å². The maximum Gasteiger partial charge on any atom is 0.242 e. The minimum Gasteiger partial charge on any atom is -0.339 e. The number of amides is 1. The fourth-order valence-corrected chi connectivity index (χ4v) is 5.62. The summed E-state index contributed by atoms with van der Waals surface area (Å²) in [7, 11) is 0. The van der Waals surface area contributed by atoms with Gasteiger partial charge in [-0.05, 0) is 25.7 Å². The van der Waals surface area contributed by atoms with Crippen LogP contribution in [-0.4, -0.2) is 39.9 Å². The molecule has 0 aromatic rings. The number of rotatable bonds is 1. The number of halogens is 1. The highest BCUT2D eigenvalue weighted by molar-refractivity contribution is 8.00. The molecule has 0 unspecified atom stereocenters. The zero-order chi connectivity index (χ0) is 13.3. The topological polar surface area (TPSA) is 46.3 Å². The fourth-order valence-electron chi connectivity index (χ4n) is 4.05. The normalized spacial score (nSPS) is 28.1. The predicted molar refractivity (Wildman–Crippen MR) is 87.5 cm³/mol. The molecule has 1 amide bonds. The Labute approximate surface area is 132 Å². The molecule has 5 heteroatoms. The predicted octanol–water partition coefficient (Wildman–Crippen LogP) is 2.96. The van der Waals surface area contributed by atoms with Crippen molar-refractivity contribution in [3.63, 3.8) is 0 Å². The summed E-state index contributed by atoms with van der Waals surface area (Å²) in [6, 6.07) is 0. The highest BCUT2D eigenvalue weighted by atomic mass is 35.5. The van der Waals surface area contributed by atoms with Gasteiger partial charge in [-0.1, -0.05) is 32.1 Å². The van der Waals surface area contributed by atoms with E-state index in [4.69, 9.17) is 5.73 Å². The Balaban J connectivity index is 0.00000147. The van der Waals surface area contributed by atoms with Crippen molar-refractivity contribution in [3.8, 4) is 0 Å². The molecule has 2 saturated carbocycles. The van der Waals surface area contributed by atoms with Crippen LogP contribution in [0.15, 0.2) is 0 Å². The Bertz CT molecular complexity index is 346. The van der Waals surface area contributed by atoms with Gasteiger partial charge < -0.3 is 10.6 Å². The third kappa shape index (κ3) is 3.12. The average molecular weight is 319 g/mol. The molecule has 0 bridgehead atoms. The summed E-state index contributed by atoms with van der Waals surface area (Å²) in [5.74, 6) is 1.34. The van der Waals surface area contributed by atoms with Crippen LogP contribution in [0.2, 0.25) is 0 Å². The Morgan fingerprint density at radius 3 is 2.25 bits per heavy atom. The number of nitrogens with two attached hydrogens (primary N) is 1. The van der Waals surface area contributed by atoms with E-state index in [0.717, 1.165) is 44.5 Å². The first-order chi connectivity index (χ1) is 9.14. The van der Waals surface area contributed by atoms with E-state index in [2.05, 4.69) is 16.7 Å². The maximum absolute atomic E-state index is 12.7. The molecule has 1 aliphatic heterocycles. The Morgan fingerprint density at radius 2 is 1.60 bits per heavy atom. The summed E-state index contributed by atoms with van der Waals surface area (Å²) in [6.45, 7) is 1.86. The lowest BCUT2D eigenvalue weighted by atomic mass is 9.87. The SMILES string of the molecule is Cl.NC1(C(=O)N2CCSC3(CCCCC3)C2)CCCC1. The molecule has 1 spiro atoms. The van der Waals surface area contributed by atoms with Gasteiger partial charge >= 0.3 is 0 Å². The molecule has 3 nitrogen and oxygen atoms in total. The fraction of sp³-hybridized carbons (Fsp3) is 0.933. The zero-order valence-corrected chi connectivity index (χ0v) is 13.9. The maximum atomic E-state index is 12.7. The molecule has 0 aromatic carbocycles. The molecule has 2 aliphatic carbocycles. The van der Waals surface area contributed by atoms with Crippen LogP contribution >= 0.6 is 24.2 Å². The molecule has 3 fully saturated rings. The van der Waals surface area contributed by atoms with Crippen molar-refractivity contribution in [2.45, 2.75) is 68.1 Å². The number of carbonyl (C=O) groups is 1. The second kappa shape index (κ2) is 6.45. The van der Waals surface area contributed by atoms with Gasteiger partial charge in [0.15, 0.2) is 0 Å². The van der Waals surface area contributed by atoms with Gasteiger partial charge in [0.25, 0.3) is 0 Å². The second-order valence-corrected chi connectivity index (χ2v) is 8.25. The van der Waals surface area contributed by atoms with Crippen LogP contribution in [0.4, 0.5) is 0 Å². The number of hydrogen-bond donors (Lipinski definition) is 1. The van der Waals surface area contributed by atoms with Crippen LogP contribution in [0.3, 0.4) is 0 Å². The third-order valence-corrected chi connectivity index (χ3v) is 6.76. The highest BCUT2D eigenvalue weighted by Gasteiger charge is 2.44. The van der Waals surface area contributed by atoms with Gasteiger partial charge in [0, 0.05) is 23.6 Å². The van der Waals surface area contributed by atoms with E-state index in [0.29, 0.717) is 4.75 Å². The Kier molecular flexibility index (Phi) is 5.30. The van der Waals surface area contributed by atoms with E-state index in [9.17, 15) is 4.79 Å². The van der Waals surface area contributed by atoms with Gasteiger partial charge in [-0.25, -0.2) is 0 Å². The minimum atomic E-state index is -0.530. The Morgan fingerprint density at radius 1 is 1.00 bits per heavy atom. The van der Waals surface area contributed by atoms with Crippen LogP contribution in [0, 0.1) is 0 Å². The minimum absolute atomic E-state index is 0. The van der Waals surface area contributed by atoms with Gasteiger partial charge in [-0.3, -0.25) is 4.79 Å². The lowest BCUT2D eigenvalue weighted by Gasteiger charge is -2.46. The van der Waals surface area contributed by atoms with Crippen molar-refractivity contribution < 1.29 is 4.79 Å². The van der Waals surface area contributed by atoms with Crippen molar-refractivity contribution in [1.82, 2.24) is 4.90 Å². The molecule has 116 valence electrons. The molecule has 1 heterocycles. The summed E-state index contributed by atoms with van der Waals surface area (Å²) in [6.07, 6.45) is 10.7. The van der Waals surface area contributed by atoms with E-state index >= 15 is 0 Å². The Hall–Kier alpha value is 0.0700. The van der Waals surface area contributed by atoms with Crippen molar-refractivity contribution >= 4 is 30.1 Å². The number of carbonyl (C=O) groups excluding carboxylic acids is 1. The molecular formula is C15H27ClN2OS. The van der Waals surface area contributed by atoms with Gasteiger partial charge in [0.2, 0.25) is 5.91 Å². The van der Waals surface area contributed by atoms with Crippen LogP contribution in [-0.2, 0) is 4.79 Å². The summed E-state index contributed by atoms with van der Waals surface area (Å²) in [5.41, 5.74) is 5.82. The first-order valence-corrected chi connectivity index (χ1v) is 8.85. The molecule has 2 N–H and O–H groups in total. The quantitative estimate of drug-likeness (QED) is 0.808. The van der Waals surface area contributed by atoms with Crippen LogP contribution in [0.25, 0.3) is 0 Å². The van der Waals surface area contributed by atoms with Crippen molar-refractivity contribution in [2.75, 3.05) is 18.8 Å². The molecular weight excluding hydrogens is 292 g/mol. The van der Waals surface area contributed by atoms with E-state index in [1.54, 1.807) is 0 Å². The monoisotopic (exact) mass is 318 g/mol. The van der Waals surface area contributed by atoms with Gasteiger partial charge in [-0.2, -0.15) is 11.8 Å². The summed E-state index contributed by atoms with van der Waals surface area (Å²) in [4.78, 5) is 14.8. The standard InChI is InChI=1S/C15H26N2OS.ClH/c16-15(8-4-5-9-15)13(18)17-10-11-19-14(12-17)6-2-1-3-7-14;/h1-12,16H2;1H. The molecule has 0 radical (unpaired) electrons. The molecule has 3 rings (SSSR count). The summed E-state index contributed by atoms with van der Waals surface area (Å²) >= 11 is 2.11. The van der Waals surface area contributed by atoms with Crippen molar-refractivity contribution in [1.29, 1.82) is 0 Å². The lowest BCUT2D eigenvalue weighted by molar-refractivity contribution is -0.137. The van der Waals surface area contributed by atoms with E-state index < -0.39 is 5.54 Å². The van der Waals surface area contributed by atoms with E-state index in [1.807, 2.05) is 0 Å². The first kappa shape index (κ1) is 16.4. The molecule has 20 heavy (non-hydrogen) atoms. The largest absolute Gasteiger partial charge is 0.339 e. The smallest absolute Gasteiger partial charge is 0.242 e. The van der Waals surface area contributed by atoms with E-state index in [-0.39, 0.29) is 18.3 Å². The van der Waals surface area contributed by atoms with E-state index in [1.165, 1.54) is 32.1 Å². The second-order valence-electron chi connectivity index (χ2n) is 6.68. The zero-order valence-electron chi connectivity index (χ0n) is 12.2. The van der Waals surface area contributed by atoms with Gasteiger partial charge in [0.1, 0.15) is 0 Å². The van der Waals surface area contributed by atoms with Gasteiger partial charge in [0.05, 0.1) is 5.54 Å².